The zero-order valence-electron chi connectivity index (χ0n) is 13.2. The van der Waals surface area contributed by atoms with Gasteiger partial charge in [-0.25, -0.2) is 5.43 Å². The van der Waals surface area contributed by atoms with Crippen molar-refractivity contribution < 1.29 is 9.53 Å². The zero-order valence-corrected chi connectivity index (χ0v) is 14.8. The summed E-state index contributed by atoms with van der Waals surface area (Å²) in [6.45, 7) is 4.44. The highest BCUT2D eigenvalue weighted by Gasteiger charge is 2.04. The van der Waals surface area contributed by atoms with Crippen molar-refractivity contribution in [3.63, 3.8) is 0 Å². The molecule has 1 N–H and O–H groups in total. The molecule has 0 bridgehead atoms. The number of halogens is 1. The Labute approximate surface area is 144 Å². The average Bonchev–Trinajstić information content (AvgIpc) is 2.56. The Hall–Kier alpha value is -2.14. The van der Waals surface area contributed by atoms with Gasteiger partial charge < -0.3 is 4.74 Å². The van der Waals surface area contributed by atoms with Crippen LogP contribution in [0.4, 0.5) is 0 Å². The minimum atomic E-state index is -0.141. The number of nitrogens with one attached hydrogen (secondary N) is 1. The summed E-state index contributed by atoms with van der Waals surface area (Å²) < 4.78 is 6.39. The molecule has 0 spiro atoms. The van der Waals surface area contributed by atoms with Gasteiger partial charge in [-0.2, -0.15) is 5.10 Å². The van der Waals surface area contributed by atoms with Crippen molar-refractivity contribution in [2.45, 2.75) is 20.3 Å². The molecule has 0 aliphatic heterocycles. The predicted octanol–water partition coefficient (Wildman–Crippen LogP) is 3.93. The van der Waals surface area contributed by atoms with E-state index in [2.05, 4.69) is 26.5 Å². The van der Waals surface area contributed by atoms with E-state index in [4.69, 9.17) is 4.74 Å². The lowest BCUT2D eigenvalue weighted by atomic mass is 10.1. The van der Waals surface area contributed by atoms with Gasteiger partial charge in [0.25, 0.3) is 0 Å². The average molecular weight is 375 g/mol. The number of hydrogen-bond donors (Lipinski definition) is 1. The van der Waals surface area contributed by atoms with Gasteiger partial charge in [0, 0.05) is 4.47 Å². The van der Waals surface area contributed by atoms with E-state index in [1.54, 1.807) is 0 Å². The van der Waals surface area contributed by atoms with Crippen molar-refractivity contribution in [1.29, 1.82) is 0 Å². The Morgan fingerprint density at radius 3 is 2.39 bits per heavy atom. The molecule has 0 atom stereocenters. The number of carbonyl (C=O) groups excluding carboxylic acids is 1. The molecule has 23 heavy (non-hydrogen) atoms. The Balaban J connectivity index is 1.92. The van der Waals surface area contributed by atoms with Crippen LogP contribution in [0.25, 0.3) is 0 Å². The lowest BCUT2D eigenvalue weighted by Gasteiger charge is -2.06. The summed E-state index contributed by atoms with van der Waals surface area (Å²) in [5.74, 6) is 0.681. The van der Waals surface area contributed by atoms with Crippen LogP contribution in [0.15, 0.2) is 58.1 Å². The first-order valence-corrected chi connectivity index (χ1v) is 8.18. The molecule has 0 unspecified atom stereocenters. The van der Waals surface area contributed by atoms with Crippen LogP contribution >= 0.6 is 15.9 Å². The maximum absolute atomic E-state index is 11.9. The third-order valence-electron chi connectivity index (χ3n) is 3.21. The Morgan fingerprint density at radius 1 is 1.13 bits per heavy atom. The van der Waals surface area contributed by atoms with Gasteiger partial charge in [0.15, 0.2) is 0 Å². The molecular formula is C18H19BrN2O2. The summed E-state index contributed by atoms with van der Waals surface area (Å²) in [4.78, 5) is 11.9. The van der Waals surface area contributed by atoms with Crippen LogP contribution in [-0.4, -0.2) is 18.2 Å². The number of ether oxygens (including phenoxy) is 1. The van der Waals surface area contributed by atoms with E-state index in [0.717, 1.165) is 27.1 Å². The molecule has 0 saturated carbocycles. The fraction of sp³-hybridized carbons (Fsp3) is 0.222. The molecule has 4 nitrogen and oxygen atoms in total. The van der Waals surface area contributed by atoms with Crippen LogP contribution < -0.4 is 10.2 Å². The van der Waals surface area contributed by atoms with Crippen LogP contribution in [0.5, 0.6) is 5.75 Å². The van der Waals surface area contributed by atoms with E-state index in [1.165, 1.54) is 0 Å². The van der Waals surface area contributed by atoms with E-state index < -0.39 is 0 Å². The monoisotopic (exact) mass is 374 g/mol. The van der Waals surface area contributed by atoms with Crippen LogP contribution in [0, 0.1) is 0 Å². The highest BCUT2D eigenvalue weighted by Crippen LogP contribution is 2.13. The minimum absolute atomic E-state index is 0.141. The first-order valence-electron chi connectivity index (χ1n) is 7.39. The smallest absolute Gasteiger partial charge is 0.244 e. The molecule has 2 rings (SSSR count). The quantitative estimate of drug-likeness (QED) is 0.614. The van der Waals surface area contributed by atoms with Crippen LogP contribution in [-0.2, 0) is 11.2 Å². The standard InChI is InChI=1S/C18H19BrN2O2/c1-3-23-17-10-6-15(7-11-17)13(2)20-21-18(22)12-14-4-8-16(19)9-5-14/h4-11H,3,12H2,1-2H3,(H,21,22)/b20-13+. The number of hydrazone groups is 1. The van der Waals surface area contributed by atoms with Crippen molar-refractivity contribution >= 4 is 27.5 Å². The number of benzene rings is 2. The van der Waals surface area contributed by atoms with Gasteiger partial charge in [0.1, 0.15) is 5.75 Å². The maximum Gasteiger partial charge on any atom is 0.244 e. The predicted molar refractivity (Wildman–Crippen MR) is 95.8 cm³/mol. The summed E-state index contributed by atoms with van der Waals surface area (Å²) in [7, 11) is 0. The van der Waals surface area contributed by atoms with Crippen molar-refractivity contribution in [2.24, 2.45) is 5.10 Å². The Bertz CT molecular complexity index is 679. The summed E-state index contributed by atoms with van der Waals surface area (Å²) in [5.41, 5.74) is 5.22. The second kappa shape index (κ2) is 8.48. The molecule has 1 amide bonds. The SMILES string of the molecule is CCOc1ccc(/C(C)=N/NC(=O)Cc2ccc(Br)cc2)cc1. The molecular weight excluding hydrogens is 356 g/mol. The first-order chi connectivity index (χ1) is 11.1. The third kappa shape index (κ3) is 5.53. The molecule has 5 heteroatoms. The van der Waals surface area contributed by atoms with Gasteiger partial charge in [-0.05, 0) is 61.4 Å². The van der Waals surface area contributed by atoms with Gasteiger partial charge >= 0.3 is 0 Å². The number of nitrogens with zero attached hydrogens (tertiary/aromatic N) is 1. The van der Waals surface area contributed by atoms with Gasteiger partial charge in [-0.3, -0.25) is 4.79 Å². The van der Waals surface area contributed by atoms with Crippen LogP contribution in [0.2, 0.25) is 0 Å². The number of carbonyl (C=O) groups is 1. The minimum Gasteiger partial charge on any atom is -0.494 e. The first kappa shape index (κ1) is 17.2. The van der Waals surface area contributed by atoms with E-state index in [0.29, 0.717) is 13.0 Å². The molecule has 0 saturated heterocycles. The molecule has 120 valence electrons. The van der Waals surface area contributed by atoms with Gasteiger partial charge in [-0.15, -0.1) is 0 Å². The van der Waals surface area contributed by atoms with Crippen molar-refractivity contribution in [1.82, 2.24) is 5.43 Å². The lowest BCUT2D eigenvalue weighted by Crippen LogP contribution is -2.21. The number of rotatable bonds is 6. The molecule has 0 aromatic heterocycles. The molecule has 0 fully saturated rings. The highest BCUT2D eigenvalue weighted by molar-refractivity contribution is 9.10. The fourth-order valence-electron chi connectivity index (χ4n) is 2.00. The van der Waals surface area contributed by atoms with Crippen LogP contribution in [0.1, 0.15) is 25.0 Å². The van der Waals surface area contributed by atoms with Crippen molar-refractivity contribution in [2.75, 3.05) is 6.61 Å². The zero-order chi connectivity index (χ0) is 16.7. The molecule has 2 aromatic rings. The van der Waals surface area contributed by atoms with Crippen LogP contribution in [0.3, 0.4) is 0 Å². The summed E-state index contributed by atoms with van der Waals surface area (Å²) >= 11 is 3.37. The summed E-state index contributed by atoms with van der Waals surface area (Å²) in [6, 6.07) is 15.3. The van der Waals surface area contributed by atoms with E-state index in [1.807, 2.05) is 62.4 Å². The normalized spacial score (nSPS) is 11.2. The highest BCUT2D eigenvalue weighted by atomic mass is 79.9. The number of hydrogen-bond acceptors (Lipinski definition) is 3. The topological polar surface area (TPSA) is 50.7 Å². The molecule has 2 aromatic carbocycles. The van der Waals surface area contributed by atoms with Gasteiger partial charge in [-0.1, -0.05) is 28.1 Å². The van der Waals surface area contributed by atoms with E-state index >= 15 is 0 Å². The second-order valence-corrected chi connectivity index (χ2v) is 5.91. The van der Waals surface area contributed by atoms with Crippen molar-refractivity contribution in [3.05, 3.63) is 64.1 Å². The largest absolute Gasteiger partial charge is 0.494 e. The van der Waals surface area contributed by atoms with Gasteiger partial charge in [0.2, 0.25) is 5.91 Å². The summed E-state index contributed by atoms with van der Waals surface area (Å²) in [6.07, 6.45) is 0.299. The Kier molecular flexibility index (Phi) is 6.35. The van der Waals surface area contributed by atoms with E-state index in [9.17, 15) is 4.79 Å². The second-order valence-electron chi connectivity index (χ2n) is 4.99. The Morgan fingerprint density at radius 2 is 1.78 bits per heavy atom. The molecule has 0 aliphatic carbocycles. The van der Waals surface area contributed by atoms with Crippen molar-refractivity contribution in [3.8, 4) is 5.75 Å². The number of amides is 1. The fourth-order valence-corrected chi connectivity index (χ4v) is 2.26. The summed E-state index contributed by atoms with van der Waals surface area (Å²) in [5, 5.41) is 4.15. The molecule has 0 heterocycles. The third-order valence-corrected chi connectivity index (χ3v) is 3.74. The van der Waals surface area contributed by atoms with Gasteiger partial charge in [0.05, 0.1) is 18.7 Å². The van der Waals surface area contributed by atoms with E-state index in [-0.39, 0.29) is 5.91 Å². The maximum atomic E-state index is 11.9. The lowest BCUT2D eigenvalue weighted by molar-refractivity contribution is -0.120. The molecule has 0 aliphatic rings. The molecule has 0 radical (unpaired) electrons.